The molecule has 0 fully saturated rings. The molecule has 0 bridgehead atoms. The molecule has 0 unspecified atom stereocenters. The fourth-order valence-corrected chi connectivity index (χ4v) is 1.48. The molecule has 0 radical (unpaired) electrons. The summed E-state index contributed by atoms with van der Waals surface area (Å²) in [6, 6.07) is 1.88. The second-order valence-electron chi connectivity index (χ2n) is 3.41. The van der Waals surface area contributed by atoms with E-state index in [1.807, 2.05) is 26.1 Å². The third-order valence-corrected chi connectivity index (χ3v) is 3.01. The number of aromatic nitrogens is 3. The highest BCUT2D eigenvalue weighted by molar-refractivity contribution is 9.10. The maximum Gasteiger partial charge on any atom is 0.219 e. The highest BCUT2D eigenvalue weighted by Gasteiger charge is 2.03. The fraction of sp³-hybridized carbons (Fsp3) is 0.273. The first kappa shape index (κ1) is 11.1. The molecular weight excluding hydrogens is 270 g/mol. The van der Waals surface area contributed by atoms with Crippen LogP contribution in [0.15, 0.2) is 29.1 Å². The summed E-state index contributed by atoms with van der Waals surface area (Å²) in [7, 11) is 0. The molecular formula is C11H12BrN3O. The fourth-order valence-electron chi connectivity index (χ4n) is 1.26. The minimum absolute atomic E-state index is 0.580. The van der Waals surface area contributed by atoms with Crippen LogP contribution in [-0.2, 0) is 6.54 Å². The van der Waals surface area contributed by atoms with Gasteiger partial charge in [-0.1, -0.05) is 0 Å². The summed E-state index contributed by atoms with van der Waals surface area (Å²) in [6.45, 7) is 4.85. The average molecular weight is 282 g/mol. The van der Waals surface area contributed by atoms with E-state index in [-0.39, 0.29) is 0 Å². The number of nitrogens with zero attached hydrogens (tertiary/aromatic N) is 3. The molecule has 0 aliphatic heterocycles. The molecule has 84 valence electrons. The molecule has 0 spiro atoms. The molecule has 0 N–H and O–H groups in total. The van der Waals surface area contributed by atoms with Crippen molar-refractivity contribution >= 4 is 15.9 Å². The molecule has 0 aliphatic rings. The predicted octanol–water partition coefficient (Wildman–Crippen LogP) is 3.16. The summed E-state index contributed by atoms with van der Waals surface area (Å²) in [5, 5.41) is 4.13. The maximum absolute atomic E-state index is 5.58. The largest absolute Gasteiger partial charge is 0.436 e. The van der Waals surface area contributed by atoms with Crippen LogP contribution in [0.3, 0.4) is 0 Å². The van der Waals surface area contributed by atoms with E-state index in [4.69, 9.17) is 4.74 Å². The molecule has 4 nitrogen and oxygen atoms in total. The van der Waals surface area contributed by atoms with Gasteiger partial charge in [-0.05, 0) is 35.3 Å². The van der Waals surface area contributed by atoms with Gasteiger partial charge >= 0.3 is 0 Å². The van der Waals surface area contributed by atoms with Gasteiger partial charge in [0.05, 0.1) is 12.4 Å². The second kappa shape index (κ2) is 4.65. The van der Waals surface area contributed by atoms with E-state index in [9.17, 15) is 0 Å². The molecule has 2 rings (SSSR count). The number of hydrogen-bond donors (Lipinski definition) is 0. The van der Waals surface area contributed by atoms with Crippen LogP contribution >= 0.6 is 15.9 Å². The Morgan fingerprint density at radius 1 is 1.44 bits per heavy atom. The van der Waals surface area contributed by atoms with Crippen LogP contribution in [0.25, 0.3) is 0 Å². The van der Waals surface area contributed by atoms with Crippen LogP contribution < -0.4 is 4.74 Å². The Morgan fingerprint density at radius 2 is 2.25 bits per heavy atom. The molecule has 2 heterocycles. The topological polar surface area (TPSA) is 39.9 Å². The molecule has 0 atom stereocenters. The van der Waals surface area contributed by atoms with Crippen molar-refractivity contribution in [2.45, 2.75) is 20.4 Å². The average Bonchev–Trinajstić information content (AvgIpc) is 2.71. The summed E-state index contributed by atoms with van der Waals surface area (Å²) >= 11 is 3.40. The lowest BCUT2D eigenvalue weighted by molar-refractivity contribution is 0.461. The van der Waals surface area contributed by atoms with E-state index < -0.39 is 0 Å². The standard InChI is InChI=1S/C11H12BrN3O/c1-3-15-7-9(5-14-15)16-11-4-8(2)10(12)6-13-11/h4-7H,3H2,1-2H3. The maximum atomic E-state index is 5.58. The number of rotatable bonds is 3. The Labute approximate surface area is 102 Å². The monoisotopic (exact) mass is 281 g/mol. The van der Waals surface area contributed by atoms with Crippen LogP contribution in [-0.4, -0.2) is 14.8 Å². The summed E-state index contributed by atoms with van der Waals surface area (Å²) in [5.41, 5.74) is 1.09. The molecule has 2 aromatic rings. The quantitative estimate of drug-likeness (QED) is 0.868. The van der Waals surface area contributed by atoms with Gasteiger partial charge in [0.25, 0.3) is 0 Å². The third-order valence-electron chi connectivity index (χ3n) is 2.18. The molecule has 16 heavy (non-hydrogen) atoms. The SMILES string of the molecule is CCn1cc(Oc2cc(C)c(Br)cn2)cn1. The van der Waals surface area contributed by atoms with E-state index in [1.54, 1.807) is 17.1 Å². The minimum Gasteiger partial charge on any atom is -0.436 e. The molecule has 2 aromatic heterocycles. The Morgan fingerprint density at radius 3 is 2.88 bits per heavy atom. The predicted molar refractivity (Wildman–Crippen MR) is 64.6 cm³/mol. The van der Waals surface area contributed by atoms with Gasteiger partial charge in [-0.15, -0.1) is 0 Å². The third kappa shape index (κ3) is 2.41. The molecule has 0 saturated heterocycles. The smallest absolute Gasteiger partial charge is 0.219 e. The zero-order valence-corrected chi connectivity index (χ0v) is 10.7. The lowest BCUT2D eigenvalue weighted by Crippen LogP contribution is -1.92. The van der Waals surface area contributed by atoms with Crippen LogP contribution in [0.2, 0.25) is 0 Å². The molecule has 5 heteroatoms. The van der Waals surface area contributed by atoms with Gasteiger partial charge in [-0.25, -0.2) is 4.98 Å². The van der Waals surface area contributed by atoms with Gasteiger partial charge in [0, 0.05) is 23.3 Å². The van der Waals surface area contributed by atoms with Gasteiger partial charge in [-0.3, -0.25) is 4.68 Å². The number of hydrogen-bond acceptors (Lipinski definition) is 3. The van der Waals surface area contributed by atoms with Crippen molar-refractivity contribution in [1.82, 2.24) is 14.8 Å². The summed E-state index contributed by atoms with van der Waals surface area (Å²) in [6.07, 6.45) is 5.26. The van der Waals surface area contributed by atoms with Crippen molar-refractivity contribution < 1.29 is 4.74 Å². The Balaban J connectivity index is 2.17. The Bertz CT molecular complexity index is 496. The molecule has 0 saturated carbocycles. The first-order valence-electron chi connectivity index (χ1n) is 5.01. The molecule has 0 aromatic carbocycles. The normalized spacial score (nSPS) is 10.4. The van der Waals surface area contributed by atoms with E-state index in [0.29, 0.717) is 11.6 Å². The number of aryl methyl sites for hydroxylation is 2. The summed E-state index contributed by atoms with van der Waals surface area (Å²) in [5.74, 6) is 1.28. The molecule has 0 aliphatic carbocycles. The van der Waals surface area contributed by atoms with Crippen molar-refractivity contribution in [3.05, 3.63) is 34.7 Å². The summed E-state index contributed by atoms with van der Waals surface area (Å²) < 4.78 is 8.36. The van der Waals surface area contributed by atoms with Gasteiger partial charge in [0.15, 0.2) is 5.75 Å². The summed E-state index contributed by atoms with van der Waals surface area (Å²) in [4.78, 5) is 4.16. The van der Waals surface area contributed by atoms with Crippen LogP contribution in [0, 0.1) is 6.92 Å². The zero-order valence-electron chi connectivity index (χ0n) is 9.14. The highest BCUT2D eigenvalue weighted by Crippen LogP contribution is 2.22. The first-order chi connectivity index (χ1) is 7.69. The van der Waals surface area contributed by atoms with Gasteiger partial charge in [-0.2, -0.15) is 5.10 Å². The zero-order chi connectivity index (χ0) is 11.5. The van der Waals surface area contributed by atoms with E-state index in [1.165, 1.54) is 0 Å². The van der Waals surface area contributed by atoms with Crippen molar-refractivity contribution in [1.29, 1.82) is 0 Å². The van der Waals surface area contributed by atoms with E-state index in [0.717, 1.165) is 16.6 Å². The first-order valence-corrected chi connectivity index (χ1v) is 5.81. The van der Waals surface area contributed by atoms with Crippen molar-refractivity contribution in [2.24, 2.45) is 0 Å². The lowest BCUT2D eigenvalue weighted by atomic mass is 10.3. The van der Waals surface area contributed by atoms with Crippen molar-refractivity contribution in [3.8, 4) is 11.6 Å². The van der Waals surface area contributed by atoms with Gasteiger partial charge < -0.3 is 4.74 Å². The van der Waals surface area contributed by atoms with Gasteiger partial charge in [0.1, 0.15) is 0 Å². The van der Waals surface area contributed by atoms with E-state index >= 15 is 0 Å². The molecule has 0 amide bonds. The van der Waals surface area contributed by atoms with Gasteiger partial charge in [0.2, 0.25) is 5.88 Å². The number of halogens is 1. The van der Waals surface area contributed by atoms with Crippen LogP contribution in [0.1, 0.15) is 12.5 Å². The van der Waals surface area contributed by atoms with E-state index in [2.05, 4.69) is 26.0 Å². The van der Waals surface area contributed by atoms with Crippen molar-refractivity contribution in [2.75, 3.05) is 0 Å². The highest BCUT2D eigenvalue weighted by atomic mass is 79.9. The lowest BCUT2D eigenvalue weighted by Gasteiger charge is -2.03. The Kier molecular flexibility index (Phi) is 3.24. The van der Waals surface area contributed by atoms with Crippen molar-refractivity contribution in [3.63, 3.8) is 0 Å². The van der Waals surface area contributed by atoms with Crippen LogP contribution in [0.4, 0.5) is 0 Å². The number of pyridine rings is 1. The Hall–Kier alpha value is -1.36. The van der Waals surface area contributed by atoms with Crippen LogP contribution in [0.5, 0.6) is 11.6 Å². The number of ether oxygens (including phenoxy) is 1. The minimum atomic E-state index is 0.580. The second-order valence-corrected chi connectivity index (χ2v) is 4.26.